The molecule has 1 aliphatic carbocycles. The van der Waals surface area contributed by atoms with E-state index >= 15 is 0 Å². The van der Waals surface area contributed by atoms with Gasteiger partial charge in [0, 0.05) is 25.4 Å². The molecule has 9 nitrogen and oxygen atoms in total. The Morgan fingerprint density at radius 2 is 1.89 bits per heavy atom. The highest BCUT2D eigenvalue weighted by Crippen LogP contribution is 2.34. The minimum atomic E-state index is -1.64. The number of hydrogen-bond acceptors (Lipinski definition) is 9. The van der Waals surface area contributed by atoms with Gasteiger partial charge < -0.3 is 35.0 Å². The van der Waals surface area contributed by atoms with E-state index in [0.717, 1.165) is 0 Å². The lowest BCUT2D eigenvalue weighted by atomic mass is 9.89. The molecule has 27 heavy (non-hydrogen) atoms. The van der Waals surface area contributed by atoms with Gasteiger partial charge in [0.1, 0.15) is 30.2 Å². The lowest BCUT2D eigenvalue weighted by Gasteiger charge is -2.39. The summed E-state index contributed by atoms with van der Waals surface area (Å²) in [4.78, 5) is 24.3. The van der Waals surface area contributed by atoms with Crippen molar-refractivity contribution in [2.24, 2.45) is 11.8 Å². The molecule has 1 saturated carbocycles. The fourth-order valence-corrected chi connectivity index (χ4v) is 3.54. The molecule has 9 heteroatoms. The van der Waals surface area contributed by atoms with E-state index in [4.69, 9.17) is 19.7 Å². The second-order valence-corrected chi connectivity index (χ2v) is 6.98. The molecule has 5 N–H and O–H groups in total. The van der Waals surface area contributed by atoms with Crippen LogP contribution in [0.1, 0.15) is 32.1 Å². The van der Waals surface area contributed by atoms with Crippen LogP contribution in [0.2, 0.25) is 0 Å². The monoisotopic (exact) mass is 388 g/mol. The van der Waals surface area contributed by atoms with Crippen molar-refractivity contribution in [1.82, 2.24) is 0 Å². The minimum absolute atomic E-state index is 0.0317. The number of carbonyl (C=O) groups is 2. The third-order valence-electron chi connectivity index (χ3n) is 5.12. The van der Waals surface area contributed by atoms with Crippen LogP contribution < -0.4 is 0 Å². The van der Waals surface area contributed by atoms with Crippen molar-refractivity contribution in [3.63, 3.8) is 0 Å². The number of aliphatic hydroxyl groups is 5. The van der Waals surface area contributed by atoms with Crippen LogP contribution in [-0.2, 0) is 19.1 Å². The standard InChI is InChI=1S/C18H28O9/c19-7-3-1-2-4-11-10(5-6-12(11)21)8-14(22)27-18-17(25)16(24)15(23)13(9-20)26-18/h1-2,10-11,13,15-20,23-25H,3-9H2/b2-1-/t10-,11+,13-,15-,16+,17-,18+/m1/s1. The Labute approximate surface area is 157 Å². The van der Waals surface area contributed by atoms with Gasteiger partial charge in [0.15, 0.2) is 0 Å². The number of Topliss-reactive ketones (excluding diaryl/α,β-unsaturated/α-hetero) is 1. The van der Waals surface area contributed by atoms with Gasteiger partial charge in [0.2, 0.25) is 6.29 Å². The number of rotatable bonds is 8. The van der Waals surface area contributed by atoms with Crippen LogP contribution in [0.3, 0.4) is 0 Å². The van der Waals surface area contributed by atoms with Crippen molar-refractivity contribution >= 4 is 11.8 Å². The summed E-state index contributed by atoms with van der Waals surface area (Å²) in [6.07, 6.45) is -1.96. The highest BCUT2D eigenvalue weighted by molar-refractivity contribution is 5.84. The van der Waals surface area contributed by atoms with Crippen LogP contribution in [0.5, 0.6) is 0 Å². The number of hydrogen-bond donors (Lipinski definition) is 5. The van der Waals surface area contributed by atoms with Crippen molar-refractivity contribution in [3.05, 3.63) is 12.2 Å². The quantitative estimate of drug-likeness (QED) is 0.251. The Kier molecular flexibility index (Phi) is 8.33. The molecule has 154 valence electrons. The Balaban J connectivity index is 1.90. The third kappa shape index (κ3) is 5.56. The van der Waals surface area contributed by atoms with E-state index in [1.54, 1.807) is 6.08 Å². The van der Waals surface area contributed by atoms with Gasteiger partial charge in [0.05, 0.1) is 6.61 Å². The van der Waals surface area contributed by atoms with Crippen molar-refractivity contribution in [2.75, 3.05) is 13.2 Å². The predicted molar refractivity (Wildman–Crippen MR) is 91.2 cm³/mol. The molecule has 2 aliphatic rings. The van der Waals surface area contributed by atoms with Gasteiger partial charge in [-0.15, -0.1) is 0 Å². The van der Waals surface area contributed by atoms with E-state index in [9.17, 15) is 24.9 Å². The normalized spacial score (nSPS) is 37.1. The molecule has 0 aromatic heterocycles. The van der Waals surface area contributed by atoms with E-state index in [-0.39, 0.29) is 30.6 Å². The maximum atomic E-state index is 12.2. The smallest absolute Gasteiger partial charge is 0.308 e. The second-order valence-electron chi connectivity index (χ2n) is 6.98. The van der Waals surface area contributed by atoms with Gasteiger partial charge in [-0.05, 0) is 25.2 Å². The van der Waals surface area contributed by atoms with E-state index < -0.39 is 43.3 Å². The average Bonchev–Trinajstić information content (AvgIpc) is 2.98. The molecule has 0 spiro atoms. The number of esters is 1. The predicted octanol–water partition coefficient (Wildman–Crippen LogP) is -1.36. The fraction of sp³-hybridized carbons (Fsp3) is 0.778. The first-order valence-corrected chi connectivity index (χ1v) is 9.17. The molecule has 1 heterocycles. The summed E-state index contributed by atoms with van der Waals surface area (Å²) in [5, 5.41) is 47.3. The number of ether oxygens (including phenoxy) is 2. The molecule has 1 saturated heterocycles. The number of ketones is 1. The molecule has 0 unspecified atom stereocenters. The van der Waals surface area contributed by atoms with Crippen LogP contribution in [0.25, 0.3) is 0 Å². The van der Waals surface area contributed by atoms with Gasteiger partial charge in [-0.2, -0.15) is 0 Å². The Morgan fingerprint density at radius 3 is 2.56 bits per heavy atom. The molecule has 2 fully saturated rings. The van der Waals surface area contributed by atoms with Crippen LogP contribution in [0.15, 0.2) is 12.2 Å². The van der Waals surface area contributed by atoms with Gasteiger partial charge in [0.25, 0.3) is 0 Å². The zero-order valence-electron chi connectivity index (χ0n) is 15.0. The van der Waals surface area contributed by atoms with Gasteiger partial charge in [-0.1, -0.05) is 12.2 Å². The third-order valence-corrected chi connectivity index (χ3v) is 5.12. The van der Waals surface area contributed by atoms with Crippen LogP contribution in [0.4, 0.5) is 0 Å². The Morgan fingerprint density at radius 1 is 1.15 bits per heavy atom. The first kappa shape index (κ1) is 21.9. The van der Waals surface area contributed by atoms with Crippen molar-refractivity contribution in [2.45, 2.75) is 62.8 Å². The van der Waals surface area contributed by atoms with Gasteiger partial charge in [-0.3, -0.25) is 9.59 Å². The zero-order valence-corrected chi connectivity index (χ0v) is 15.0. The lowest BCUT2D eigenvalue weighted by Crippen LogP contribution is -2.59. The summed E-state index contributed by atoms with van der Waals surface area (Å²) in [5.41, 5.74) is 0. The summed E-state index contributed by atoms with van der Waals surface area (Å²) in [7, 11) is 0. The molecular weight excluding hydrogens is 360 g/mol. The maximum Gasteiger partial charge on any atom is 0.308 e. The van der Waals surface area contributed by atoms with E-state index in [2.05, 4.69) is 0 Å². The van der Waals surface area contributed by atoms with Crippen LogP contribution >= 0.6 is 0 Å². The number of aliphatic hydroxyl groups excluding tert-OH is 5. The van der Waals surface area contributed by atoms with E-state index in [0.29, 0.717) is 25.7 Å². The zero-order chi connectivity index (χ0) is 20.0. The van der Waals surface area contributed by atoms with Crippen molar-refractivity contribution in [3.8, 4) is 0 Å². The van der Waals surface area contributed by atoms with Crippen LogP contribution in [0, 0.1) is 11.8 Å². The van der Waals surface area contributed by atoms with E-state index in [1.807, 2.05) is 6.08 Å². The molecule has 7 atom stereocenters. The first-order chi connectivity index (χ1) is 12.9. The second kappa shape index (κ2) is 10.3. The Bertz CT molecular complexity index is 533. The topological polar surface area (TPSA) is 154 Å². The highest BCUT2D eigenvalue weighted by Gasteiger charge is 2.45. The molecule has 0 bridgehead atoms. The van der Waals surface area contributed by atoms with E-state index in [1.165, 1.54) is 0 Å². The average molecular weight is 388 g/mol. The van der Waals surface area contributed by atoms with Gasteiger partial charge >= 0.3 is 5.97 Å². The minimum Gasteiger partial charge on any atom is -0.433 e. The highest BCUT2D eigenvalue weighted by atomic mass is 16.7. The van der Waals surface area contributed by atoms with Crippen molar-refractivity contribution < 1.29 is 44.6 Å². The molecule has 0 aromatic rings. The summed E-state index contributed by atoms with van der Waals surface area (Å²) in [5.74, 6) is -1.12. The van der Waals surface area contributed by atoms with Crippen LogP contribution in [-0.4, -0.2) is 81.2 Å². The molecule has 0 aromatic carbocycles. The summed E-state index contributed by atoms with van der Waals surface area (Å²) in [6.45, 7) is -0.581. The molecule has 0 amide bonds. The summed E-state index contributed by atoms with van der Waals surface area (Å²) < 4.78 is 10.2. The SMILES string of the molecule is O=C(C[C@H]1CCC(=O)[C@H]1C/C=C\CCO)O[C@@H]1O[C@H](CO)[C@@H](O)[C@H](O)[C@H]1O. The summed E-state index contributed by atoms with van der Waals surface area (Å²) >= 11 is 0. The largest absolute Gasteiger partial charge is 0.433 e. The first-order valence-electron chi connectivity index (χ1n) is 9.17. The Hall–Kier alpha value is -1.36. The molecular formula is C18H28O9. The number of carbonyl (C=O) groups excluding carboxylic acids is 2. The fourth-order valence-electron chi connectivity index (χ4n) is 3.54. The molecule has 2 rings (SSSR count). The summed E-state index contributed by atoms with van der Waals surface area (Å²) in [6, 6.07) is 0. The lowest BCUT2D eigenvalue weighted by molar-refractivity contribution is -0.292. The molecule has 0 radical (unpaired) electrons. The number of allylic oxidation sites excluding steroid dienone is 1. The van der Waals surface area contributed by atoms with Crippen molar-refractivity contribution in [1.29, 1.82) is 0 Å². The van der Waals surface area contributed by atoms with Gasteiger partial charge in [-0.25, -0.2) is 0 Å². The maximum absolute atomic E-state index is 12.2. The molecule has 1 aliphatic heterocycles.